The first-order valence-corrected chi connectivity index (χ1v) is 12.6. The highest BCUT2D eigenvalue weighted by molar-refractivity contribution is 6.00. The van der Waals surface area contributed by atoms with Crippen molar-refractivity contribution in [2.75, 3.05) is 46.3 Å². The molecule has 2 aliphatic heterocycles. The lowest BCUT2D eigenvalue weighted by Crippen LogP contribution is -2.55. The van der Waals surface area contributed by atoms with E-state index in [0.29, 0.717) is 24.7 Å². The third-order valence-electron chi connectivity index (χ3n) is 7.64. The zero-order chi connectivity index (χ0) is 24.4. The first kappa shape index (κ1) is 23.6. The average molecular weight is 474 g/mol. The van der Waals surface area contributed by atoms with E-state index >= 15 is 0 Å². The Bertz CT molecular complexity index is 1170. The number of rotatable bonds is 5. The molecule has 2 aliphatic rings. The van der Waals surface area contributed by atoms with Crippen molar-refractivity contribution >= 4 is 22.7 Å². The van der Waals surface area contributed by atoms with Crippen LogP contribution in [0.15, 0.2) is 54.7 Å². The van der Waals surface area contributed by atoms with Gasteiger partial charge in [0.1, 0.15) is 6.04 Å². The fraction of sp³-hybridized carbons (Fsp3) is 0.429. The number of carbonyl (C=O) groups excluding carboxylic acids is 2. The van der Waals surface area contributed by atoms with Crippen LogP contribution in [-0.4, -0.2) is 83.9 Å². The maximum Gasteiger partial charge on any atom is 0.252 e. The second-order valence-electron chi connectivity index (χ2n) is 9.94. The minimum absolute atomic E-state index is 0.0376. The van der Waals surface area contributed by atoms with Gasteiger partial charge in [-0.15, -0.1) is 0 Å². The van der Waals surface area contributed by atoms with Crippen LogP contribution >= 0.6 is 0 Å². The first-order chi connectivity index (χ1) is 17.0. The summed E-state index contributed by atoms with van der Waals surface area (Å²) in [6.07, 6.45) is 4.32. The Morgan fingerprint density at radius 2 is 1.69 bits per heavy atom. The number of likely N-dealkylation sites (tertiary alicyclic amines) is 1. The van der Waals surface area contributed by atoms with E-state index in [9.17, 15) is 9.59 Å². The van der Waals surface area contributed by atoms with Gasteiger partial charge in [0.05, 0.1) is 0 Å². The molecule has 5 rings (SSSR count). The summed E-state index contributed by atoms with van der Waals surface area (Å²) in [7, 11) is 2.18. The molecule has 0 unspecified atom stereocenters. The number of aromatic amines is 1. The minimum Gasteiger partial charge on any atom is -0.361 e. The molecular weight excluding hydrogens is 438 g/mol. The molecular formula is C28H35N5O2. The van der Waals surface area contributed by atoms with Crippen molar-refractivity contribution in [3.63, 3.8) is 0 Å². The molecule has 35 heavy (non-hydrogen) atoms. The molecule has 0 bridgehead atoms. The summed E-state index contributed by atoms with van der Waals surface area (Å²) < 4.78 is 0. The number of H-pyrrole nitrogens is 1. The van der Waals surface area contributed by atoms with E-state index in [4.69, 9.17) is 0 Å². The second kappa shape index (κ2) is 10.2. The van der Waals surface area contributed by atoms with Crippen molar-refractivity contribution in [1.82, 2.24) is 25.0 Å². The molecule has 7 heteroatoms. The van der Waals surface area contributed by atoms with Gasteiger partial charge in [-0.25, -0.2) is 0 Å². The Balaban J connectivity index is 1.29. The number of aryl methyl sites for hydroxylation is 1. The number of hydrogen-bond acceptors (Lipinski definition) is 4. The number of piperazine rings is 1. The summed E-state index contributed by atoms with van der Waals surface area (Å²) in [5, 5.41) is 4.13. The average Bonchev–Trinajstić information content (AvgIpc) is 3.27. The minimum atomic E-state index is -0.709. The molecule has 2 aromatic carbocycles. The number of amides is 2. The molecule has 2 fully saturated rings. The fourth-order valence-corrected chi connectivity index (χ4v) is 5.41. The Morgan fingerprint density at radius 1 is 0.971 bits per heavy atom. The van der Waals surface area contributed by atoms with E-state index < -0.39 is 6.04 Å². The number of benzene rings is 2. The number of piperidine rings is 1. The quantitative estimate of drug-likeness (QED) is 0.597. The van der Waals surface area contributed by atoms with Crippen LogP contribution in [0.5, 0.6) is 0 Å². The highest BCUT2D eigenvalue weighted by Gasteiger charge is 2.32. The van der Waals surface area contributed by atoms with E-state index in [1.54, 1.807) is 0 Å². The zero-order valence-electron chi connectivity index (χ0n) is 20.7. The molecule has 2 N–H and O–H groups in total. The van der Waals surface area contributed by atoms with Gasteiger partial charge in [0.25, 0.3) is 5.91 Å². The third-order valence-corrected chi connectivity index (χ3v) is 7.64. The molecule has 1 atom stereocenters. The molecule has 1 aromatic heterocycles. The summed E-state index contributed by atoms with van der Waals surface area (Å²) in [4.78, 5) is 37.0. The number of nitrogens with zero attached hydrogens (tertiary/aromatic N) is 3. The molecule has 7 nitrogen and oxygen atoms in total. The van der Waals surface area contributed by atoms with Crippen LogP contribution in [0.25, 0.3) is 10.9 Å². The Kier molecular flexibility index (Phi) is 6.88. The zero-order valence-corrected chi connectivity index (χ0v) is 20.7. The van der Waals surface area contributed by atoms with Crippen LogP contribution in [-0.2, 0) is 4.79 Å². The van der Waals surface area contributed by atoms with E-state index in [2.05, 4.69) is 27.1 Å². The summed E-state index contributed by atoms with van der Waals surface area (Å²) >= 11 is 0. The molecule has 0 spiro atoms. The Labute approximate surface area is 207 Å². The molecule has 0 aliphatic carbocycles. The van der Waals surface area contributed by atoms with Crippen molar-refractivity contribution in [2.24, 2.45) is 0 Å². The third kappa shape index (κ3) is 5.11. The molecule has 3 heterocycles. The normalized spacial score (nSPS) is 19.1. The van der Waals surface area contributed by atoms with Gasteiger partial charge >= 0.3 is 0 Å². The lowest BCUT2D eigenvalue weighted by atomic mass is 10.0. The molecule has 2 amide bonds. The number of carbonyl (C=O) groups is 2. The predicted octanol–water partition coefficient (Wildman–Crippen LogP) is 3.19. The van der Waals surface area contributed by atoms with Gasteiger partial charge in [0, 0.05) is 54.9 Å². The smallest absolute Gasteiger partial charge is 0.252 e. The fourth-order valence-electron chi connectivity index (χ4n) is 5.41. The van der Waals surface area contributed by atoms with E-state index in [1.165, 1.54) is 12.8 Å². The van der Waals surface area contributed by atoms with Gasteiger partial charge in [-0.2, -0.15) is 0 Å². The molecule has 0 saturated carbocycles. The molecule has 184 valence electrons. The summed E-state index contributed by atoms with van der Waals surface area (Å²) in [6, 6.07) is 15.1. The maximum atomic E-state index is 13.7. The summed E-state index contributed by atoms with van der Waals surface area (Å²) in [5.41, 5.74) is 3.41. The monoisotopic (exact) mass is 473 g/mol. The van der Waals surface area contributed by atoms with E-state index in [1.807, 2.05) is 66.6 Å². The Morgan fingerprint density at radius 3 is 2.40 bits per heavy atom. The van der Waals surface area contributed by atoms with Gasteiger partial charge in [0.15, 0.2) is 0 Å². The summed E-state index contributed by atoms with van der Waals surface area (Å²) in [6.45, 7) is 7.47. The highest BCUT2D eigenvalue weighted by atomic mass is 16.2. The number of aromatic nitrogens is 1. The van der Waals surface area contributed by atoms with Crippen molar-refractivity contribution in [3.8, 4) is 0 Å². The van der Waals surface area contributed by atoms with E-state index in [0.717, 1.165) is 48.2 Å². The number of hydrogen-bond donors (Lipinski definition) is 2. The van der Waals surface area contributed by atoms with Crippen molar-refractivity contribution in [3.05, 3.63) is 71.4 Å². The SMILES string of the molecule is Cc1c[nH]c2cc(C(=O)N[C@@H](C(=O)N3CCN(C4CCN(C)CC4)CC3)c3ccccc3)ccc12. The van der Waals surface area contributed by atoms with Gasteiger partial charge in [-0.05, 0) is 63.2 Å². The molecule has 3 aromatic rings. The number of fused-ring (bicyclic) bond motifs is 1. The topological polar surface area (TPSA) is 71.7 Å². The maximum absolute atomic E-state index is 13.7. The summed E-state index contributed by atoms with van der Waals surface area (Å²) in [5.74, 6) is -0.282. The second-order valence-corrected chi connectivity index (χ2v) is 9.94. The standard InChI is InChI=1S/C28H35N5O2/c1-20-19-29-25-18-22(8-9-24(20)25)27(34)30-26(21-6-4-3-5-7-21)28(35)33-16-14-32(15-17-33)23-10-12-31(2)13-11-23/h3-9,18-19,23,26,29H,10-17H2,1-2H3,(H,30,34)/t26-/m1/s1. The van der Waals surface area contributed by atoms with Crippen molar-refractivity contribution in [2.45, 2.75) is 31.8 Å². The van der Waals surface area contributed by atoms with E-state index in [-0.39, 0.29) is 11.8 Å². The van der Waals surface area contributed by atoms with Crippen LogP contribution in [0.4, 0.5) is 0 Å². The lowest BCUT2D eigenvalue weighted by Gasteiger charge is -2.42. The highest BCUT2D eigenvalue weighted by Crippen LogP contribution is 2.23. The lowest BCUT2D eigenvalue weighted by molar-refractivity contribution is -0.135. The first-order valence-electron chi connectivity index (χ1n) is 12.6. The van der Waals surface area contributed by atoms with Crippen LogP contribution in [0.1, 0.15) is 40.4 Å². The van der Waals surface area contributed by atoms with Crippen LogP contribution in [0, 0.1) is 6.92 Å². The van der Waals surface area contributed by atoms with Crippen LogP contribution in [0.2, 0.25) is 0 Å². The Hall–Kier alpha value is -3.16. The van der Waals surface area contributed by atoms with Crippen molar-refractivity contribution < 1.29 is 9.59 Å². The molecule has 2 saturated heterocycles. The van der Waals surface area contributed by atoms with Gasteiger partial charge in [-0.3, -0.25) is 14.5 Å². The van der Waals surface area contributed by atoms with Crippen LogP contribution < -0.4 is 5.32 Å². The number of nitrogens with one attached hydrogen (secondary N) is 2. The predicted molar refractivity (Wildman–Crippen MR) is 138 cm³/mol. The largest absolute Gasteiger partial charge is 0.361 e. The van der Waals surface area contributed by atoms with Crippen molar-refractivity contribution in [1.29, 1.82) is 0 Å². The van der Waals surface area contributed by atoms with Gasteiger partial charge in [0.2, 0.25) is 5.91 Å². The van der Waals surface area contributed by atoms with Crippen LogP contribution in [0.3, 0.4) is 0 Å². The van der Waals surface area contributed by atoms with Gasteiger partial charge < -0.3 is 20.1 Å². The van der Waals surface area contributed by atoms with Gasteiger partial charge in [-0.1, -0.05) is 36.4 Å². The molecule has 0 radical (unpaired) electrons.